The van der Waals surface area contributed by atoms with E-state index in [0.717, 1.165) is 9.80 Å². The summed E-state index contributed by atoms with van der Waals surface area (Å²) in [7, 11) is 0. The van der Waals surface area contributed by atoms with Crippen LogP contribution in [-0.2, 0) is 36.2 Å². The van der Waals surface area contributed by atoms with Crippen LogP contribution in [0.5, 0.6) is 0 Å². The third-order valence-electron chi connectivity index (χ3n) is 2.64. The zero-order valence-corrected chi connectivity index (χ0v) is 15.6. The Kier molecular flexibility index (Phi) is 19.5. The average Bonchev–Trinajstić information content (AvgIpc) is 2.50. The molecule has 0 atom stereocenters. The predicted octanol–water partition coefficient (Wildman–Crippen LogP) is -3.78. The number of nitrogens with zero attached hydrogens (tertiary/aromatic N) is 2. The van der Waals surface area contributed by atoms with Gasteiger partial charge in [0.1, 0.15) is 0 Å². The molecule has 0 heterocycles. The molecule has 0 saturated carbocycles. The SMILES string of the molecule is NC(CO)CO.O=C(O)CN(CCN(CC(=O)O)CC(=O)O)CC(=O)O.[Mn+2]. The van der Waals surface area contributed by atoms with E-state index >= 15 is 0 Å². The van der Waals surface area contributed by atoms with Gasteiger partial charge in [-0.1, -0.05) is 0 Å². The predicted molar refractivity (Wildman–Crippen MR) is 85.6 cm³/mol. The molecule has 8 N–H and O–H groups in total. The molecule has 0 bridgehead atoms. The summed E-state index contributed by atoms with van der Waals surface area (Å²) in [4.78, 5) is 44.4. The number of hydrogen-bond acceptors (Lipinski definition) is 9. The molecule has 0 spiro atoms. The van der Waals surface area contributed by atoms with Crippen molar-refractivity contribution in [3.05, 3.63) is 0 Å². The third-order valence-corrected chi connectivity index (χ3v) is 2.64. The Morgan fingerprint density at radius 1 is 0.667 bits per heavy atom. The standard InChI is InChI=1S/C10H16N2O8.C3H9NO2.Mn/c13-7(14)3-11(4-8(15)16)1-2-12(5-9(17)18)6-10(19)20;4-3(1-5)2-6;/h1-6H2,(H,13,14)(H,15,16)(H,17,18)(H,19,20);3,5-6H,1-2,4H2;/q;;+2. The van der Waals surface area contributed by atoms with Gasteiger partial charge in [-0.05, 0) is 0 Å². The second-order valence-corrected chi connectivity index (χ2v) is 5.12. The van der Waals surface area contributed by atoms with E-state index in [1.165, 1.54) is 0 Å². The maximum absolute atomic E-state index is 10.6. The number of nitrogens with two attached hydrogens (primary N) is 1. The third kappa shape index (κ3) is 22.2. The van der Waals surface area contributed by atoms with Crippen LogP contribution in [0, 0.1) is 0 Å². The summed E-state index contributed by atoms with van der Waals surface area (Å²) in [5.74, 6) is -4.91. The largest absolute Gasteiger partial charge is 2.00 e. The van der Waals surface area contributed by atoms with Gasteiger partial charge in [-0.25, -0.2) is 0 Å². The molecule has 0 unspecified atom stereocenters. The summed E-state index contributed by atoms with van der Waals surface area (Å²) in [5, 5.41) is 50.6. The molecule has 0 aromatic heterocycles. The van der Waals surface area contributed by atoms with Crippen molar-refractivity contribution in [2.24, 2.45) is 5.73 Å². The van der Waals surface area contributed by atoms with E-state index in [0.29, 0.717) is 0 Å². The maximum atomic E-state index is 10.6. The number of aliphatic carboxylic acids is 4. The van der Waals surface area contributed by atoms with Crippen LogP contribution in [-0.4, -0.2) is 123 Å². The molecule has 157 valence electrons. The van der Waals surface area contributed by atoms with Gasteiger partial charge < -0.3 is 36.4 Å². The van der Waals surface area contributed by atoms with Crippen LogP contribution in [0.15, 0.2) is 0 Å². The molecule has 1 radical (unpaired) electrons. The van der Waals surface area contributed by atoms with E-state index in [1.807, 2.05) is 0 Å². The summed E-state index contributed by atoms with van der Waals surface area (Å²) < 4.78 is 0. The van der Waals surface area contributed by atoms with Gasteiger partial charge in [-0.15, -0.1) is 0 Å². The van der Waals surface area contributed by atoms with Crippen molar-refractivity contribution in [1.82, 2.24) is 9.80 Å². The Morgan fingerprint density at radius 3 is 1.00 bits per heavy atom. The summed E-state index contributed by atoms with van der Waals surface area (Å²) in [6.45, 7) is -2.54. The topological polar surface area (TPSA) is 222 Å². The first-order valence-corrected chi connectivity index (χ1v) is 7.30. The number of aliphatic hydroxyl groups is 2. The van der Waals surface area contributed by atoms with Crippen molar-refractivity contribution in [3.8, 4) is 0 Å². The molecule has 27 heavy (non-hydrogen) atoms. The Hall–Kier alpha value is -1.80. The quantitative estimate of drug-likeness (QED) is 0.137. The first-order valence-electron chi connectivity index (χ1n) is 7.30. The molecule has 0 rings (SSSR count). The van der Waals surface area contributed by atoms with Crippen molar-refractivity contribution < 1.29 is 66.9 Å². The van der Waals surface area contributed by atoms with Gasteiger partial charge in [0.2, 0.25) is 0 Å². The molecule has 0 aliphatic heterocycles. The van der Waals surface area contributed by atoms with Crippen LogP contribution in [0.1, 0.15) is 0 Å². The van der Waals surface area contributed by atoms with Crippen LogP contribution < -0.4 is 5.73 Å². The van der Waals surface area contributed by atoms with Crippen molar-refractivity contribution in [3.63, 3.8) is 0 Å². The van der Waals surface area contributed by atoms with E-state index in [9.17, 15) is 19.2 Å². The van der Waals surface area contributed by atoms with E-state index in [4.69, 9.17) is 36.4 Å². The minimum Gasteiger partial charge on any atom is -0.480 e. The zero-order chi connectivity index (χ0) is 20.7. The molecule has 0 amide bonds. The smallest absolute Gasteiger partial charge is 0.480 e. The van der Waals surface area contributed by atoms with Gasteiger partial charge in [0.05, 0.1) is 45.4 Å². The Labute approximate surface area is 165 Å². The van der Waals surface area contributed by atoms with Gasteiger partial charge in [0.25, 0.3) is 0 Å². The second kappa shape index (κ2) is 17.6. The second-order valence-electron chi connectivity index (χ2n) is 5.12. The fourth-order valence-electron chi connectivity index (χ4n) is 1.53. The van der Waals surface area contributed by atoms with E-state index in [2.05, 4.69) is 0 Å². The number of rotatable bonds is 13. The zero-order valence-electron chi connectivity index (χ0n) is 14.4. The first-order chi connectivity index (χ1) is 12.0. The monoisotopic (exact) mass is 438 g/mol. The van der Waals surface area contributed by atoms with Crippen molar-refractivity contribution in [1.29, 1.82) is 0 Å². The maximum Gasteiger partial charge on any atom is 2.00 e. The summed E-state index contributed by atoms with van der Waals surface area (Å²) in [5.41, 5.74) is 4.97. The van der Waals surface area contributed by atoms with E-state index in [-0.39, 0.29) is 43.4 Å². The molecule has 13 nitrogen and oxygen atoms in total. The minimum atomic E-state index is -1.23. The summed E-state index contributed by atoms with van der Waals surface area (Å²) in [6, 6.07) is -0.454. The molecular weight excluding hydrogens is 413 g/mol. The minimum absolute atomic E-state index is 0. The summed E-state index contributed by atoms with van der Waals surface area (Å²) in [6.07, 6.45) is 0. The van der Waals surface area contributed by atoms with Gasteiger partial charge in [0, 0.05) is 13.1 Å². The molecule has 0 aliphatic carbocycles. The van der Waals surface area contributed by atoms with E-state index in [1.54, 1.807) is 0 Å². The Morgan fingerprint density at radius 2 is 0.889 bits per heavy atom. The van der Waals surface area contributed by atoms with Gasteiger partial charge in [-0.2, -0.15) is 0 Å². The van der Waals surface area contributed by atoms with Crippen molar-refractivity contribution in [2.75, 3.05) is 52.5 Å². The van der Waals surface area contributed by atoms with Gasteiger partial charge in [-0.3, -0.25) is 29.0 Å². The van der Waals surface area contributed by atoms with Crippen molar-refractivity contribution >= 4 is 23.9 Å². The fourth-order valence-corrected chi connectivity index (χ4v) is 1.53. The van der Waals surface area contributed by atoms with Crippen LogP contribution >= 0.6 is 0 Å². The summed E-state index contributed by atoms with van der Waals surface area (Å²) >= 11 is 0. The molecule has 0 aliphatic rings. The molecule has 0 aromatic carbocycles. The molecule has 14 heteroatoms. The van der Waals surface area contributed by atoms with Crippen LogP contribution in [0.4, 0.5) is 0 Å². The Bertz CT molecular complexity index is 394. The van der Waals surface area contributed by atoms with Gasteiger partial charge in [0.15, 0.2) is 0 Å². The van der Waals surface area contributed by atoms with Crippen LogP contribution in [0.25, 0.3) is 0 Å². The number of carboxylic acid groups (broad SMARTS) is 4. The molecule has 0 fully saturated rings. The first kappa shape index (κ1) is 29.9. The van der Waals surface area contributed by atoms with Crippen molar-refractivity contribution in [2.45, 2.75) is 6.04 Å². The average molecular weight is 438 g/mol. The number of carbonyl (C=O) groups is 4. The number of hydrogen-bond donors (Lipinski definition) is 7. The van der Waals surface area contributed by atoms with Crippen LogP contribution in [0.3, 0.4) is 0 Å². The number of aliphatic hydroxyl groups excluding tert-OH is 2. The molecular formula is C13H25MnN3O10+2. The van der Waals surface area contributed by atoms with E-state index < -0.39 is 56.1 Å². The Balaban J connectivity index is -0.000000709. The molecule has 0 aromatic rings. The van der Waals surface area contributed by atoms with Crippen LogP contribution in [0.2, 0.25) is 0 Å². The fraction of sp³-hybridized carbons (Fsp3) is 0.692. The number of carboxylic acids is 4. The van der Waals surface area contributed by atoms with Gasteiger partial charge >= 0.3 is 40.9 Å². The normalized spacial score (nSPS) is 10.1. The molecule has 0 saturated heterocycles.